The third-order valence-electron chi connectivity index (χ3n) is 6.32. The highest BCUT2D eigenvalue weighted by molar-refractivity contribution is 7.92. The van der Waals surface area contributed by atoms with Crippen molar-refractivity contribution >= 4 is 62.3 Å². The Labute approximate surface area is 231 Å². The van der Waals surface area contributed by atoms with Gasteiger partial charge in [0.05, 0.1) is 27.0 Å². The monoisotopic (exact) mass is 591 g/mol. The predicted octanol–water partition coefficient (Wildman–Crippen LogP) is 5.42. The van der Waals surface area contributed by atoms with Crippen molar-refractivity contribution in [1.29, 1.82) is 0 Å². The summed E-state index contributed by atoms with van der Waals surface area (Å²) in [6, 6.07) is 7.17. The maximum absolute atomic E-state index is 13.6. The highest BCUT2D eigenvalue weighted by atomic mass is 35.5. The Morgan fingerprint density at radius 2 is 1.62 bits per heavy atom. The maximum Gasteiger partial charge on any atom is 0.244 e. The molecule has 0 radical (unpaired) electrons. The largest absolute Gasteiger partial charge is 0.352 e. The van der Waals surface area contributed by atoms with Crippen LogP contribution >= 0.6 is 34.8 Å². The molecule has 3 rings (SSSR count). The molecule has 0 bridgehead atoms. The lowest BCUT2D eigenvalue weighted by Crippen LogP contribution is -2.53. The van der Waals surface area contributed by atoms with Crippen molar-refractivity contribution in [2.45, 2.75) is 57.7 Å². The quantitative estimate of drug-likeness (QED) is 0.394. The van der Waals surface area contributed by atoms with Crippen LogP contribution in [0.25, 0.3) is 0 Å². The zero-order valence-corrected chi connectivity index (χ0v) is 23.6. The van der Waals surface area contributed by atoms with E-state index < -0.39 is 34.3 Å². The molecule has 0 saturated heterocycles. The minimum Gasteiger partial charge on any atom is -0.352 e. The van der Waals surface area contributed by atoms with Gasteiger partial charge in [0.15, 0.2) is 0 Å². The van der Waals surface area contributed by atoms with Gasteiger partial charge in [-0.05, 0) is 49.6 Å². The van der Waals surface area contributed by atoms with Gasteiger partial charge < -0.3 is 10.2 Å². The molecule has 37 heavy (non-hydrogen) atoms. The van der Waals surface area contributed by atoms with Crippen molar-refractivity contribution in [3.8, 4) is 0 Å². The Balaban J connectivity index is 1.91. The molecule has 1 atom stereocenters. The number of carbonyl (C=O) groups excluding carboxylic acids is 2. The third-order valence-corrected chi connectivity index (χ3v) is 8.47. The number of halogens is 4. The molecule has 1 aliphatic carbocycles. The fourth-order valence-electron chi connectivity index (χ4n) is 4.24. The number of benzene rings is 2. The normalized spacial score (nSPS) is 15.2. The van der Waals surface area contributed by atoms with Crippen molar-refractivity contribution < 1.29 is 22.4 Å². The van der Waals surface area contributed by atoms with Crippen molar-refractivity contribution in [1.82, 2.24) is 10.2 Å². The Hall–Kier alpha value is -2.07. The van der Waals surface area contributed by atoms with Crippen LogP contribution in [-0.2, 0) is 26.2 Å². The second-order valence-electron chi connectivity index (χ2n) is 9.15. The van der Waals surface area contributed by atoms with Gasteiger partial charge in [0.25, 0.3) is 0 Å². The van der Waals surface area contributed by atoms with Gasteiger partial charge >= 0.3 is 0 Å². The van der Waals surface area contributed by atoms with Crippen LogP contribution in [0.4, 0.5) is 10.1 Å². The summed E-state index contributed by atoms with van der Waals surface area (Å²) in [6.45, 7) is 0.903. The van der Waals surface area contributed by atoms with Gasteiger partial charge in [-0.25, -0.2) is 12.8 Å². The number of nitrogens with zero attached hydrogens (tertiary/aromatic N) is 2. The van der Waals surface area contributed by atoms with Crippen molar-refractivity contribution in [2.75, 3.05) is 17.1 Å². The molecule has 0 unspecified atom stereocenters. The van der Waals surface area contributed by atoms with Crippen LogP contribution in [0, 0.1) is 5.82 Å². The fourth-order valence-corrected chi connectivity index (χ4v) is 5.78. The van der Waals surface area contributed by atoms with E-state index >= 15 is 0 Å². The summed E-state index contributed by atoms with van der Waals surface area (Å²) < 4.78 is 39.7. The maximum atomic E-state index is 13.6. The SMILES string of the molecule is C[C@H](C(=O)NC1CCCCC1)N(Cc1ccc(F)cc1)C(=O)CN(c1cc(Cl)c(Cl)cc1Cl)S(C)(=O)=O. The Morgan fingerprint density at radius 1 is 1.03 bits per heavy atom. The number of nitrogens with one attached hydrogen (secondary N) is 1. The van der Waals surface area contributed by atoms with Crippen LogP contribution in [0.3, 0.4) is 0 Å². The summed E-state index contributed by atoms with van der Waals surface area (Å²) in [5.41, 5.74) is 0.554. The molecule has 2 amide bonds. The van der Waals surface area contributed by atoms with Crippen LogP contribution in [0.5, 0.6) is 0 Å². The van der Waals surface area contributed by atoms with Gasteiger partial charge in [0, 0.05) is 12.6 Å². The topological polar surface area (TPSA) is 86.8 Å². The highest BCUT2D eigenvalue weighted by Gasteiger charge is 2.32. The molecule has 202 valence electrons. The summed E-state index contributed by atoms with van der Waals surface area (Å²) in [5, 5.41) is 3.18. The van der Waals surface area contributed by atoms with E-state index in [9.17, 15) is 22.4 Å². The van der Waals surface area contributed by atoms with Crippen molar-refractivity contribution in [3.63, 3.8) is 0 Å². The number of sulfonamides is 1. The van der Waals surface area contributed by atoms with Gasteiger partial charge in [-0.15, -0.1) is 0 Å². The van der Waals surface area contributed by atoms with Crippen LogP contribution in [-0.4, -0.2) is 50.0 Å². The van der Waals surface area contributed by atoms with Gasteiger partial charge in [-0.1, -0.05) is 66.2 Å². The highest BCUT2D eigenvalue weighted by Crippen LogP contribution is 2.35. The van der Waals surface area contributed by atoms with Gasteiger partial charge in [0.2, 0.25) is 21.8 Å². The van der Waals surface area contributed by atoms with E-state index in [0.29, 0.717) is 5.56 Å². The average Bonchev–Trinajstić information content (AvgIpc) is 2.84. The molecule has 2 aromatic carbocycles. The van der Waals surface area contributed by atoms with Crippen LogP contribution < -0.4 is 9.62 Å². The first-order valence-corrected chi connectivity index (χ1v) is 14.8. The molecule has 0 aliphatic heterocycles. The Morgan fingerprint density at radius 3 is 2.22 bits per heavy atom. The predicted molar refractivity (Wildman–Crippen MR) is 145 cm³/mol. The smallest absolute Gasteiger partial charge is 0.244 e. The van der Waals surface area contributed by atoms with Gasteiger partial charge in [-0.2, -0.15) is 0 Å². The Kier molecular flexibility index (Phi) is 10.1. The van der Waals surface area contributed by atoms with Crippen molar-refractivity contribution in [3.05, 3.63) is 62.8 Å². The minimum atomic E-state index is -4.00. The minimum absolute atomic E-state index is 0.0131. The standard InChI is InChI=1S/C25H29Cl3FN3O4S/c1-16(25(34)30-19-6-4-3-5-7-19)31(14-17-8-10-18(29)11-9-17)24(33)15-32(37(2,35)36)23-13-21(27)20(26)12-22(23)28/h8-13,16,19H,3-7,14-15H2,1-2H3,(H,30,34)/t16-/m1/s1. The van der Waals surface area contributed by atoms with Crippen LogP contribution in [0.15, 0.2) is 36.4 Å². The van der Waals surface area contributed by atoms with Gasteiger partial charge in [-0.3, -0.25) is 13.9 Å². The molecule has 1 fully saturated rings. The van der Waals surface area contributed by atoms with E-state index in [2.05, 4.69) is 5.32 Å². The first-order chi connectivity index (χ1) is 17.4. The molecule has 12 heteroatoms. The summed E-state index contributed by atoms with van der Waals surface area (Å²) in [7, 11) is -4.00. The molecule has 1 saturated carbocycles. The van der Waals surface area contributed by atoms with Crippen molar-refractivity contribution in [2.24, 2.45) is 0 Å². The molecule has 2 aromatic rings. The number of anilines is 1. The first-order valence-electron chi connectivity index (χ1n) is 11.8. The fraction of sp³-hybridized carbons (Fsp3) is 0.440. The molecule has 1 N–H and O–H groups in total. The molecular formula is C25H29Cl3FN3O4S. The number of rotatable bonds is 9. The van der Waals surface area contributed by atoms with E-state index in [1.54, 1.807) is 6.92 Å². The molecule has 0 spiro atoms. The number of amides is 2. The summed E-state index contributed by atoms with van der Waals surface area (Å²) in [4.78, 5) is 28.0. The zero-order valence-electron chi connectivity index (χ0n) is 20.5. The molecular weight excluding hydrogens is 564 g/mol. The Bertz CT molecular complexity index is 1240. The van der Waals surface area contributed by atoms with E-state index in [0.717, 1.165) is 42.7 Å². The lowest BCUT2D eigenvalue weighted by molar-refractivity contribution is -0.139. The van der Waals surface area contributed by atoms with Gasteiger partial charge in [0.1, 0.15) is 18.4 Å². The molecule has 0 aromatic heterocycles. The van der Waals surface area contributed by atoms with E-state index in [1.165, 1.54) is 41.3 Å². The van der Waals surface area contributed by atoms with E-state index in [4.69, 9.17) is 34.8 Å². The third kappa shape index (κ3) is 7.96. The first kappa shape index (κ1) is 29.5. The molecule has 1 aliphatic rings. The van der Waals surface area contributed by atoms with E-state index in [-0.39, 0.29) is 39.2 Å². The second-order valence-corrected chi connectivity index (χ2v) is 12.3. The summed E-state index contributed by atoms with van der Waals surface area (Å²) in [5.74, 6) is -1.44. The summed E-state index contributed by atoms with van der Waals surface area (Å²) in [6.07, 6.45) is 5.82. The van der Waals surface area contributed by atoms with Crippen LogP contribution in [0.1, 0.15) is 44.6 Å². The zero-order chi connectivity index (χ0) is 27.3. The van der Waals surface area contributed by atoms with Crippen LogP contribution in [0.2, 0.25) is 15.1 Å². The lowest BCUT2D eigenvalue weighted by atomic mass is 9.95. The lowest BCUT2D eigenvalue weighted by Gasteiger charge is -2.33. The summed E-state index contributed by atoms with van der Waals surface area (Å²) >= 11 is 18.3. The van der Waals surface area contributed by atoms with E-state index in [1.807, 2.05) is 0 Å². The molecule has 7 nitrogen and oxygen atoms in total. The number of hydrogen-bond acceptors (Lipinski definition) is 4. The number of hydrogen-bond donors (Lipinski definition) is 1. The number of carbonyl (C=O) groups is 2. The molecule has 0 heterocycles. The second kappa shape index (κ2) is 12.7. The average molecular weight is 593 g/mol.